The molecule has 1 unspecified atom stereocenters. The molecule has 2 aliphatic rings. The predicted molar refractivity (Wildman–Crippen MR) is 140 cm³/mol. The van der Waals surface area contributed by atoms with Crippen LogP contribution >= 0.6 is 11.6 Å². The van der Waals surface area contributed by atoms with E-state index in [0.29, 0.717) is 42.3 Å². The van der Waals surface area contributed by atoms with Gasteiger partial charge in [0.15, 0.2) is 0 Å². The van der Waals surface area contributed by atoms with Gasteiger partial charge in [-0.15, -0.1) is 0 Å². The van der Waals surface area contributed by atoms with Crippen LogP contribution in [0.5, 0.6) is 0 Å². The molecule has 0 bridgehead atoms. The number of likely N-dealkylation sites (N-methyl/N-ethyl adjacent to an activating group) is 1. The Morgan fingerprint density at radius 3 is 2.55 bits per heavy atom. The zero-order chi connectivity index (χ0) is 27.4. The predicted octanol–water partition coefficient (Wildman–Crippen LogP) is 3.39. The molecule has 0 radical (unpaired) electrons. The summed E-state index contributed by atoms with van der Waals surface area (Å²) in [6, 6.07) is 10.4. The van der Waals surface area contributed by atoms with Crippen LogP contribution in [0.4, 0.5) is 9.18 Å². The number of ether oxygens (including phenoxy) is 1. The van der Waals surface area contributed by atoms with Crippen molar-refractivity contribution in [3.63, 3.8) is 0 Å². The molecule has 0 saturated carbocycles. The maximum Gasteiger partial charge on any atom is 0.338 e. The lowest BCUT2D eigenvalue weighted by Gasteiger charge is -2.36. The van der Waals surface area contributed by atoms with Crippen molar-refractivity contribution in [1.29, 1.82) is 0 Å². The number of benzene rings is 2. The van der Waals surface area contributed by atoms with E-state index in [-0.39, 0.29) is 30.2 Å². The standard InChI is InChI=1S/C26H30ClFN4O5S/c1-3-37-25(33)23-22(30(2)26(34)29-24(23)18-6-4-7-20(28)16-18)17-31-12-5-13-32(15-14-31)38(35,36)21-10-8-19(27)9-11-21/h4,6-11,16,24H,3,5,12-15,17H2,1-2H3,(H,29,34). The third-order valence-corrected chi connectivity index (χ3v) is 8.79. The minimum atomic E-state index is -3.71. The molecule has 0 spiro atoms. The summed E-state index contributed by atoms with van der Waals surface area (Å²) in [6.07, 6.45) is 0.554. The number of nitrogens with one attached hydrogen (secondary N) is 1. The first-order valence-corrected chi connectivity index (χ1v) is 14.1. The summed E-state index contributed by atoms with van der Waals surface area (Å²) in [5.41, 5.74) is 1.06. The second kappa shape index (κ2) is 11.8. The van der Waals surface area contributed by atoms with Gasteiger partial charge in [0.25, 0.3) is 0 Å². The Hall–Kier alpha value is -2.99. The van der Waals surface area contributed by atoms with Gasteiger partial charge < -0.3 is 10.1 Å². The number of carbonyl (C=O) groups excluding carboxylic acids is 2. The highest BCUT2D eigenvalue weighted by Gasteiger charge is 2.38. The molecular weight excluding hydrogens is 535 g/mol. The molecule has 38 heavy (non-hydrogen) atoms. The number of nitrogens with zero attached hydrogens (tertiary/aromatic N) is 3. The lowest BCUT2D eigenvalue weighted by molar-refractivity contribution is -0.139. The van der Waals surface area contributed by atoms with Crippen molar-refractivity contribution in [2.75, 3.05) is 46.4 Å². The van der Waals surface area contributed by atoms with Crippen molar-refractivity contribution in [1.82, 2.24) is 19.4 Å². The first kappa shape index (κ1) is 28.0. The van der Waals surface area contributed by atoms with Crippen LogP contribution in [-0.2, 0) is 19.6 Å². The van der Waals surface area contributed by atoms with Crippen LogP contribution in [0.3, 0.4) is 0 Å². The summed E-state index contributed by atoms with van der Waals surface area (Å²) >= 11 is 5.91. The Kier molecular flexibility index (Phi) is 8.71. The molecule has 12 heteroatoms. The third kappa shape index (κ3) is 6.01. The van der Waals surface area contributed by atoms with Gasteiger partial charge in [0, 0.05) is 43.9 Å². The van der Waals surface area contributed by atoms with Gasteiger partial charge in [-0.25, -0.2) is 22.4 Å². The molecule has 2 heterocycles. The van der Waals surface area contributed by atoms with E-state index >= 15 is 0 Å². The van der Waals surface area contributed by atoms with E-state index in [9.17, 15) is 22.4 Å². The number of sulfonamides is 1. The number of hydrogen-bond donors (Lipinski definition) is 1. The maximum atomic E-state index is 14.0. The number of esters is 1. The highest BCUT2D eigenvalue weighted by atomic mass is 35.5. The largest absolute Gasteiger partial charge is 0.463 e. The average molecular weight is 565 g/mol. The molecule has 204 valence electrons. The molecule has 0 aliphatic carbocycles. The number of halogens is 2. The summed E-state index contributed by atoms with van der Waals surface area (Å²) in [4.78, 5) is 29.6. The quantitative estimate of drug-likeness (QED) is 0.518. The summed E-state index contributed by atoms with van der Waals surface area (Å²) in [5, 5.41) is 3.23. The molecule has 1 saturated heterocycles. The fraction of sp³-hybridized carbons (Fsp3) is 0.385. The fourth-order valence-corrected chi connectivity index (χ4v) is 6.24. The molecular formula is C26H30ClFN4O5S. The highest BCUT2D eigenvalue weighted by molar-refractivity contribution is 7.89. The normalized spacial score (nSPS) is 19.7. The molecule has 2 aromatic rings. The smallest absolute Gasteiger partial charge is 0.338 e. The van der Waals surface area contributed by atoms with Crippen LogP contribution in [0.15, 0.2) is 64.7 Å². The Morgan fingerprint density at radius 1 is 1.13 bits per heavy atom. The minimum absolute atomic E-state index is 0.129. The van der Waals surface area contributed by atoms with Crippen molar-refractivity contribution in [3.05, 3.63) is 76.2 Å². The van der Waals surface area contributed by atoms with Crippen LogP contribution in [-0.4, -0.2) is 80.9 Å². The van der Waals surface area contributed by atoms with E-state index in [1.54, 1.807) is 32.2 Å². The van der Waals surface area contributed by atoms with Crippen LogP contribution in [0.1, 0.15) is 24.9 Å². The second-order valence-corrected chi connectivity index (χ2v) is 11.4. The molecule has 2 amide bonds. The monoisotopic (exact) mass is 564 g/mol. The van der Waals surface area contributed by atoms with Crippen molar-refractivity contribution < 1.29 is 27.1 Å². The first-order valence-electron chi connectivity index (χ1n) is 12.3. The van der Waals surface area contributed by atoms with Gasteiger partial charge in [0.2, 0.25) is 10.0 Å². The van der Waals surface area contributed by atoms with Gasteiger partial charge in [-0.3, -0.25) is 9.80 Å². The van der Waals surface area contributed by atoms with Gasteiger partial charge >= 0.3 is 12.0 Å². The van der Waals surface area contributed by atoms with Gasteiger partial charge in [0.05, 0.1) is 23.1 Å². The molecule has 4 rings (SSSR count). The molecule has 0 aromatic heterocycles. The summed E-state index contributed by atoms with van der Waals surface area (Å²) in [7, 11) is -2.15. The van der Waals surface area contributed by atoms with E-state index in [1.807, 2.05) is 4.90 Å². The molecule has 1 atom stereocenters. The fourth-order valence-electron chi connectivity index (χ4n) is 4.65. The number of amides is 2. The minimum Gasteiger partial charge on any atom is -0.463 e. The third-order valence-electron chi connectivity index (χ3n) is 6.63. The lowest BCUT2D eigenvalue weighted by Crippen LogP contribution is -2.49. The zero-order valence-electron chi connectivity index (χ0n) is 21.2. The SMILES string of the molecule is CCOC(=O)C1=C(CN2CCCN(S(=O)(=O)c3ccc(Cl)cc3)CC2)N(C)C(=O)NC1c1cccc(F)c1. The topological polar surface area (TPSA) is 99.3 Å². The van der Waals surface area contributed by atoms with Crippen molar-refractivity contribution >= 4 is 33.6 Å². The van der Waals surface area contributed by atoms with Crippen molar-refractivity contribution in [2.45, 2.75) is 24.3 Å². The molecule has 1 N–H and O–H groups in total. The van der Waals surface area contributed by atoms with Gasteiger partial charge in [-0.2, -0.15) is 4.31 Å². The molecule has 2 aliphatic heterocycles. The lowest BCUT2D eigenvalue weighted by atomic mass is 9.94. The summed E-state index contributed by atoms with van der Waals surface area (Å²) in [6.45, 7) is 3.51. The Bertz CT molecular complexity index is 1340. The number of rotatable bonds is 7. The van der Waals surface area contributed by atoms with Gasteiger partial charge in [-0.1, -0.05) is 23.7 Å². The van der Waals surface area contributed by atoms with Crippen LogP contribution in [0.25, 0.3) is 0 Å². The van der Waals surface area contributed by atoms with Crippen molar-refractivity contribution in [3.8, 4) is 0 Å². The van der Waals surface area contributed by atoms with Crippen LogP contribution in [0, 0.1) is 5.82 Å². The summed E-state index contributed by atoms with van der Waals surface area (Å²) in [5.74, 6) is -1.10. The van der Waals surface area contributed by atoms with E-state index in [1.165, 1.54) is 39.5 Å². The first-order chi connectivity index (χ1) is 18.1. The highest BCUT2D eigenvalue weighted by Crippen LogP contribution is 2.32. The Labute approximate surface area is 226 Å². The van der Waals surface area contributed by atoms with Gasteiger partial charge in [-0.05, 0) is 61.9 Å². The van der Waals surface area contributed by atoms with Gasteiger partial charge in [0.1, 0.15) is 5.82 Å². The zero-order valence-corrected chi connectivity index (χ0v) is 22.8. The van der Waals surface area contributed by atoms with E-state index in [0.717, 1.165) is 0 Å². The van der Waals surface area contributed by atoms with Crippen LogP contribution in [0.2, 0.25) is 5.02 Å². The second-order valence-electron chi connectivity index (χ2n) is 9.07. The molecule has 2 aromatic carbocycles. The van der Waals surface area contributed by atoms with Crippen LogP contribution < -0.4 is 5.32 Å². The van der Waals surface area contributed by atoms with E-state index < -0.39 is 33.9 Å². The average Bonchev–Trinajstić information content (AvgIpc) is 3.13. The van der Waals surface area contributed by atoms with E-state index in [2.05, 4.69) is 5.32 Å². The Balaban J connectivity index is 1.61. The Morgan fingerprint density at radius 2 is 1.87 bits per heavy atom. The molecule has 9 nitrogen and oxygen atoms in total. The number of hydrogen-bond acceptors (Lipinski definition) is 6. The number of carbonyl (C=O) groups is 2. The van der Waals surface area contributed by atoms with Crippen molar-refractivity contribution in [2.24, 2.45) is 0 Å². The molecule has 1 fully saturated rings. The van der Waals surface area contributed by atoms with E-state index in [4.69, 9.17) is 16.3 Å². The maximum absolute atomic E-state index is 14.0. The summed E-state index contributed by atoms with van der Waals surface area (Å²) < 4.78 is 47.2. The number of urea groups is 1.